The summed E-state index contributed by atoms with van der Waals surface area (Å²) >= 11 is 0. The third-order valence-electron chi connectivity index (χ3n) is 4.63. The summed E-state index contributed by atoms with van der Waals surface area (Å²) in [4.78, 5) is 27.1. The van der Waals surface area contributed by atoms with E-state index in [9.17, 15) is 14.7 Å². The third kappa shape index (κ3) is 3.22. The molecule has 0 radical (unpaired) electrons. The maximum absolute atomic E-state index is 12.9. The zero-order chi connectivity index (χ0) is 19.7. The van der Waals surface area contributed by atoms with Crippen LogP contribution in [0.5, 0.6) is 0 Å². The Balaban J connectivity index is 2.18. The number of Topliss-reactive ketones (excluding diaryl/α,β-unsaturated/α-hetero) is 1. The van der Waals surface area contributed by atoms with Gasteiger partial charge < -0.3 is 5.11 Å². The Labute approximate surface area is 158 Å². The number of amides is 1. The number of anilines is 1. The van der Waals surface area contributed by atoms with Crippen LogP contribution in [0.3, 0.4) is 0 Å². The van der Waals surface area contributed by atoms with Gasteiger partial charge in [-0.15, -0.1) is 0 Å². The molecule has 1 atom stereocenters. The number of ketones is 1. The first-order valence-electron chi connectivity index (χ1n) is 8.72. The average molecular weight is 360 g/mol. The molecule has 27 heavy (non-hydrogen) atoms. The number of rotatable bonds is 4. The van der Waals surface area contributed by atoms with Crippen molar-refractivity contribution in [1.82, 2.24) is 0 Å². The lowest BCUT2D eigenvalue weighted by Crippen LogP contribution is -2.31. The topological polar surface area (TPSA) is 81.4 Å². The molecule has 0 bridgehead atoms. The Kier molecular flexibility index (Phi) is 4.83. The van der Waals surface area contributed by atoms with Crippen LogP contribution in [0.1, 0.15) is 36.6 Å². The lowest BCUT2D eigenvalue weighted by Gasteiger charge is -2.27. The summed E-state index contributed by atoms with van der Waals surface area (Å²) in [5.41, 5.74) is 2.84. The van der Waals surface area contributed by atoms with E-state index in [1.54, 1.807) is 38.1 Å². The predicted molar refractivity (Wildman–Crippen MR) is 102 cm³/mol. The molecule has 0 fully saturated rings. The Morgan fingerprint density at radius 1 is 1.19 bits per heavy atom. The standard InChI is InChI=1S/C22H20N2O3/c1-13(2)20(25)18-19(16-6-4-5-14(3)11-16)24(22(27)21(18)26)17-9-7-15(12-23)8-10-17/h4-11,13,19,26H,1-3H3. The molecular formula is C22H20N2O3. The molecular weight excluding hydrogens is 340 g/mol. The second-order valence-corrected chi connectivity index (χ2v) is 6.93. The molecule has 1 heterocycles. The van der Waals surface area contributed by atoms with E-state index in [4.69, 9.17) is 5.26 Å². The maximum atomic E-state index is 12.9. The molecule has 0 saturated carbocycles. The summed E-state index contributed by atoms with van der Waals surface area (Å²) in [6.07, 6.45) is 0. The monoisotopic (exact) mass is 360 g/mol. The van der Waals surface area contributed by atoms with Crippen molar-refractivity contribution in [3.8, 4) is 6.07 Å². The number of carbonyl (C=O) groups is 2. The van der Waals surface area contributed by atoms with Gasteiger partial charge in [-0.2, -0.15) is 5.26 Å². The Morgan fingerprint density at radius 2 is 1.85 bits per heavy atom. The summed E-state index contributed by atoms with van der Waals surface area (Å²) in [7, 11) is 0. The number of aryl methyl sites for hydroxylation is 1. The summed E-state index contributed by atoms with van der Waals surface area (Å²) in [6.45, 7) is 5.41. The van der Waals surface area contributed by atoms with Gasteiger partial charge >= 0.3 is 0 Å². The molecule has 0 spiro atoms. The van der Waals surface area contributed by atoms with E-state index < -0.39 is 17.7 Å². The second-order valence-electron chi connectivity index (χ2n) is 6.93. The van der Waals surface area contributed by atoms with Crippen LogP contribution in [0, 0.1) is 24.2 Å². The first-order chi connectivity index (χ1) is 12.8. The van der Waals surface area contributed by atoms with E-state index in [2.05, 4.69) is 0 Å². The van der Waals surface area contributed by atoms with Gasteiger partial charge in [-0.05, 0) is 36.8 Å². The molecule has 0 aromatic heterocycles. The molecule has 2 aromatic rings. The van der Waals surface area contributed by atoms with Gasteiger partial charge in [0.05, 0.1) is 23.2 Å². The smallest absolute Gasteiger partial charge is 0.294 e. The highest BCUT2D eigenvalue weighted by molar-refractivity contribution is 6.16. The summed E-state index contributed by atoms with van der Waals surface area (Å²) in [5.74, 6) is -1.74. The zero-order valence-corrected chi connectivity index (χ0v) is 15.4. The van der Waals surface area contributed by atoms with Crippen molar-refractivity contribution in [3.63, 3.8) is 0 Å². The Morgan fingerprint density at radius 3 is 2.41 bits per heavy atom. The van der Waals surface area contributed by atoms with Crippen molar-refractivity contribution in [1.29, 1.82) is 5.26 Å². The lowest BCUT2D eigenvalue weighted by atomic mass is 9.90. The molecule has 1 aliphatic heterocycles. The van der Waals surface area contributed by atoms with E-state index in [1.807, 2.05) is 37.3 Å². The number of benzene rings is 2. The van der Waals surface area contributed by atoms with Crippen LogP contribution in [0.4, 0.5) is 5.69 Å². The minimum atomic E-state index is -0.708. The van der Waals surface area contributed by atoms with Crippen molar-refractivity contribution in [3.05, 3.63) is 76.6 Å². The van der Waals surface area contributed by atoms with Gasteiger partial charge in [0.15, 0.2) is 11.5 Å². The first kappa shape index (κ1) is 18.4. The number of hydrogen-bond acceptors (Lipinski definition) is 4. The molecule has 5 nitrogen and oxygen atoms in total. The van der Waals surface area contributed by atoms with Gasteiger partial charge in [0.2, 0.25) is 0 Å². The van der Waals surface area contributed by atoms with Gasteiger partial charge in [-0.25, -0.2) is 0 Å². The number of nitrogens with zero attached hydrogens (tertiary/aromatic N) is 2. The van der Waals surface area contributed by atoms with Crippen LogP contribution < -0.4 is 4.90 Å². The number of hydrogen-bond donors (Lipinski definition) is 1. The fraction of sp³-hybridized carbons (Fsp3) is 0.227. The van der Waals surface area contributed by atoms with Crippen molar-refractivity contribution >= 4 is 17.4 Å². The van der Waals surface area contributed by atoms with Crippen LogP contribution in [0.15, 0.2) is 59.9 Å². The summed E-state index contributed by atoms with van der Waals surface area (Å²) < 4.78 is 0. The average Bonchev–Trinajstić information content (AvgIpc) is 2.92. The summed E-state index contributed by atoms with van der Waals surface area (Å²) in [5, 5.41) is 19.5. The van der Waals surface area contributed by atoms with Gasteiger partial charge in [-0.3, -0.25) is 14.5 Å². The van der Waals surface area contributed by atoms with E-state index in [0.717, 1.165) is 11.1 Å². The van der Waals surface area contributed by atoms with Crippen molar-refractivity contribution in [2.24, 2.45) is 5.92 Å². The van der Waals surface area contributed by atoms with E-state index in [1.165, 1.54) is 4.90 Å². The van der Waals surface area contributed by atoms with Crippen LogP contribution in [0.25, 0.3) is 0 Å². The first-order valence-corrected chi connectivity index (χ1v) is 8.72. The van der Waals surface area contributed by atoms with Crippen molar-refractivity contribution in [2.45, 2.75) is 26.8 Å². The quantitative estimate of drug-likeness (QED) is 0.894. The molecule has 1 N–H and O–H groups in total. The van der Waals surface area contributed by atoms with Crippen LogP contribution >= 0.6 is 0 Å². The Hall–Kier alpha value is -3.39. The highest BCUT2D eigenvalue weighted by Crippen LogP contribution is 2.41. The molecule has 0 aliphatic carbocycles. The number of aliphatic hydroxyl groups is 1. The van der Waals surface area contributed by atoms with Crippen molar-refractivity contribution < 1.29 is 14.7 Å². The van der Waals surface area contributed by atoms with Crippen LogP contribution in [-0.2, 0) is 9.59 Å². The Bertz CT molecular complexity index is 981. The third-order valence-corrected chi connectivity index (χ3v) is 4.63. The molecule has 136 valence electrons. The van der Waals surface area contributed by atoms with Crippen molar-refractivity contribution in [2.75, 3.05) is 4.90 Å². The van der Waals surface area contributed by atoms with Crippen LogP contribution in [-0.4, -0.2) is 16.8 Å². The van der Waals surface area contributed by atoms with E-state index in [0.29, 0.717) is 11.3 Å². The molecule has 2 aromatic carbocycles. The van der Waals surface area contributed by atoms with Gasteiger partial charge in [-0.1, -0.05) is 43.7 Å². The zero-order valence-electron chi connectivity index (χ0n) is 15.4. The molecule has 1 aliphatic rings. The second kappa shape index (κ2) is 7.08. The minimum absolute atomic E-state index is 0.116. The van der Waals surface area contributed by atoms with Gasteiger partial charge in [0.1, 0.15) is 0 Å². The predicted octanol–water partition coefficient (Wildman–Crippen LogP) is 3.99. The molecule has 1 amide bonds. The highest BCUT2D eigenvalue weighted by atomic mass is 16.3. The van der Waals surface area contributed by atoms with Gasteiger partial charge in [0, 0.05) is 11.6 Å². The largest absolute Gasteiger partial charge is 0.503 e. The number of carbonyl (C=O) groups excluding carboxylic acids is 2. The van der Waals surface area contributed by atoms with Gasteiger partial charge in [0.25, 0.3) is 5.91 Å². The fourth-order valence-corrected chi connectivity index (χ4v) is 3.29. The SMILES string of the molecule is Cc1cccc(C2C(C(=O)C(C)C)=C(O)C(=O)N2c2ccc(C#N)cc2)c1. The van der Waals surface area contributed by atoms with Crippen LogP contribution in [0.2, 0.25) is 0 Å². The molecule has 5 heteroatoms. The maximum Gasteiger partial charge on any atom is 0.294 e. The minimum Gasteiger partial charge on any atom is -0.503 e. The fourth-order valence-electron chi connectivity index (χ4n) is 3.29. The van der Waals surface area contributed by atoms with E-state index in [-0.39, 0.29) is 17.3 Å². The number of aliphatic hydroxyl groups excluding tert-OH is 1. The molecule has 3 rings (SSSR count). The van der Waals surface area contributed by atoms with E-state index >= 15 is 0 Å². The summed E-state index contributed by atoms with van der Waals surface area (Å²) in [6, 6.07) is 15.4. The molecule has 1 unspecified atom stereocenters. The normalized spacial score (nSPS) is 16.8. The molecule has 0 saturated heterocycles. The lowest BCUT2D eigenvalue weighted by molar-refractivity contribution is -0.119. The highest BCUT2D eigenvalue weighted by Gasteiger charge is 2.44. The number of nitriles is 1.